The molecule has 72 valence electrons. The molecule has 2 aromatic rings. The molecule has 0 spiro atoms. The normalized spacial score (nSPS) is 10.4. The molecule has 0 atom stereocenters. The van der Waals surface area contributed by atoms with Crippen LogP contribution in [0.25, 0.3) is 11.5 Å². The molecule has 0 saturated heterocycles. The Morgan fingerprint density at radius 2 is 2.00 bits per heavy atom. The first-order valence-electron chi connectivity index (χ1n) is 4.30. The zero-order valence-corrected chi connectivity index (χ0v) is 7.77. The number of benzene rings is 1. The highest BCUT2D eigenvalue weighted by Gasteiger charge is 2.04. The molecule has 1 heterocycles. The van der Waals surface area contributed by atoms with E-state index in [0.29, 0.717) is 11.7 Å². The lowest BCUT2D eigenvalue weighted by Crippen LogP contribution is -1.83. The minimum atomic E-state index is 0.0448. The van der Waals surface area contributed by atoms with Gasteiger partial charge < -0.3 is 9.63 Å². The van der Waals surface area contributed by atoms with Crippen molar-refractivity contribution in [1.82, 2.24) is 10.1 Å². The fourth-order valence-electron chi connectivity index (χ4n) is 1.17. The van der Waals surface area contributed by atoms with Gasteiger partial charge in [0.2, 0.25) is 0 Å². The van der Waals surface area contributed by atoms with Crippen LogP contribution in [-0.4, -0.2) is 15.2 Å². The van der Waals surface area contributed by atoms with Crippen LogP contribution in [0.1, 0.15) is 11.4 Å². The molecule has 0 fully saturated rings. The van der Waals surface area contributed by atoms with Crippen molar-refractivity contribution in [3.8, 4) is 11.5 Å². The monoisotopic (exact) mass is 190 g/mol. The van der Waals surface area contributed by atoms with E-state index in [-0.39, 0.29) is 6.61 Å². The first-order valence-corrected chi connectivity index (χ1v) is 4.30. The third-order valence-electron chi connectivity index (χ3n) is 1.91. The van der Waals surface area contributed by atoms with Crippen LogP contribution in [0.3, 0.4) is 0 Å². The number of hydrogen-bond donors (Lipinski definition) is 1. The van der Waals surface area contributed by atoms with Crippen molar-refractivity contribution < 1.29 is 9.63 Å². The lowest BCUT2D eigenvalue weighted by atomic mass is 10.1. The second-order valence-corrected chi connectivity index (χ2v) is 3.00. The summed E-state index contributed by atoms with van der Waals surface area (Å²) in [6, 6.07) is 7.35. The second kappa shape index (κ2) is 3.59. The summed E-state index contributed by atoms with van der Waals surface area (Å²) in [4.78, 5) is 4.10. The largest absolute Gasteiger partial charge is 0.392 e. The maximum Gasteiger partial charge on any atom is 0.257 e. The minimum Gasteiger partial charge on any atom is -0.392 e. The Hall–Kier alpha value is -1.68. The molecule has 1 N–H and O–H groups in total. The molecule has 0 bridgehead atoms. The average Bonchev–Trinajstić information content (AvgIpc) is 2.65. The Morgan fingerprint density at radius 1 is 1.29 bits per heavy atom. The van der Waals surface area contributed by atoms with Gasteiger partial charge in [0.25, 0.3) is 5.89 Å². The zero-order chi connectivity index (χ0) is 9.97. The molecule has 0 radical (unpaired) electrons. The van der Waals surface area contributed by atoms with Crippen LogP contribution in [0.4, 0.5) is 0 Å². The van der Waals surface area contributed by atoms with Gasteiger partial charge in [0.15, 0.2) is 5.82 Å². The summed E-state index contributed by atoms with van der Waals surface area (Å²) in [6.07, 6.45) is 0. The molecule has 2 rings (SSSR count). The van der Waals surface area contributed by atoms with Crippen molar-refractivity contribution in [2.24, 2.45) is 0 Å². The SMILES string of the molecule is Cc1noc(-c2ccc(CO)cc2)n1. The van der Waals surface area contributed by atoms with Crippen LogP contribution in [0.15, 0.2) is 28.8 Å². The van der Waals surface area contributed by atoms with Crippen LogP contribution in [-0.2, 0) is 6.61 Å². The molecule has 4 nitrogen and oxygen atoms in total. The maximum atomic E-state index is 8.85. The predicted molar refractivity (Wildman–Crippen MR) is 50.4 cm³/mol. The van der Waals surface area contributed by atoms with Crippen molar-refractivity contribution in [3.63, 3.8) is 0 Å². The van der Waals surface area contributed by atoms with Crippen LogP contribution in [0, 0.1) is 6.92 Å². The van der Waals surface area contributed by atoms with Crippen LogP contribution in [0.5, 0.6) is 0 Å². The fraction of sp³-hybridized carbons (Fsp3) is 0.200. The molecular weight excluding hydrogens is 180 g/mol. The molecular formula is C10H10N2O2. The fourth-order valence-corrected chi connectivity index (χ4v) is 1.17. The number of aliphatic hydroxyl groups excluding tert-OH is 1. The highest BCUT2D eigenvalue weighted by molar-refractivity contribution is 5.53. The lowest BCUT2D eigenvalue weighted by Gasteiger charge is -1.96. The van der Waals surface area contributed by atoms with Crippen molar-refractivity contribution in [3.05, 3.63) is 35.7 Å². The summed E-state index contributed by atoms with van der Waals surface area (Å²) in [7, 11) is 0. The van der Waals surface area contributed by atoms with E-state index in [1.54, 1.807) is 6.92 Å². The first-order chi connectivity index (χ1) is 6.79. The molecule has 0 aliphatic heterocycles. The summed E-state index contributed by atoms with van der Waals surface area (Å²) in [5.74, 6) is 1.12. The highest BCUT2D eigenvalue weighted by Crippen LogP contribution is 2.17. The van der Waals surface area contributed by atoms with Gasteiger partial charge in [-0.2, -0.15) is 4.98 Å². The van der Waals surface area contributed by atoms with Gasteiger partial charge in [-0.3, -0.25) is 0 Å². The smallest absolute Gasteiger partial charge is 0.257 e. The van der Waals surface area contributed by atoms with Gasteiger partial charge in [0, 0.05) is 5.56 Å². The quantitative estimate of drug-likeness (QED) is 0.780. The average molecular weight is 190 g/mol. The summed E-state index contributed by atoms with van der Waals surface area (Å²) < 4.78 is 5.00. The van der Waals surface area contributed by atoms with Gasteiger partial charge in [-0.25, -0.2) is 0 Å². The second-order valence-electron chi connectivity index (χ2n) is 3.00. The Balaban J connectivity index is 2.33. The number of rotatable bonds is 2. The van der Waals surface area contributed by atoms with Crippen LogP contribution >= 0.6 is 0 Å². The maximum absolute atomic E-state index is 8.85. The molecule has 4 heteroatoms. The highest BCUT2D eigenvalue weighted by atomic mass is 16.5. The number of aryl methyl sites for hydroxylation is 1. The van der Waals surface area contributed by atoms with Gasteiger partial charge in [0.1, 0.15) is 0 Å². The van der Waals surface area contributed by atoms with Crippen LogP contribution in [0.2, 0.25) is 0 Å². The molecule has 0 aliphatic rings. The Bertz CT molecular complexity index is 420. The molecule has 0 amide bonds. The standard InChI is InChI=1S/C10H10N2O2/c1-7-11-10(14-12-7)9-4-2-8(6-13)3-5-9/h2-5,13H,6H2,1H3. The van der Waals surface area contributed by atoms with Gasteiger partial charge in [-0.15, -0.1) is 0 Å². The van der Waals surface area contributed by atoms with Crippen molar-refractivity contribution in [1.29, 1.82) is 0 Å². The van der Waals surface area contributed by atoms with E-state index in [1.165, 1.54) is 0 Å². The van der Waals surface area contributed by atoms with Gasteiger partial charge in [-0.05, 0) is 24.6 Å². The topological polar surface area (TPSA) is 59.2 Å². The predicted octanol–water partition coefficient (Wildman–Crippen LogP) is 1.54. The molecule has 0 saturated carbocycles. The number of aromatic nitrogens is 2. The zero-order valence-electron chi connectivity index (χ0n) is 7.77. The van der Waals surface area contributed by atoms with Crippen LogP contribution < -0.4 is 0 Å². The van der Waals surface area contributed by atoms with Gasteiger partial charge >= 0.3 is 0 Å². The Morgan fingerprint density at radius 3 is 2.50 bits per heavy atom. The summed E-state index contributed by atoms with van der Waals surface area (Å²) in [6.45, 7) is 1.82. The summed E-state index contributed by atoms with van der Waals surface area (Å²) >= 11 is 0. The third kappa shape index (κ3) is 1.65. The summed E-state index contributed by atoms with van der Waals surface area (Å²) in [5, 5.41) is 12.6. The van der Waals surface area contributed by atoms with Gasteiger partial charge in [0.05, 0.1) is 6.61 Å². The third-order valence-corrected chi connectivity index (χ3v) is 1.91. The molecule has 1 aromatic carbocycles. The van der Waals surface area contributed by atoms with E-state index in [9.17, 15) is 0 Å². The van der Waals surface area contributed by atoms with E-state index < -0.39 is 0 Å². The van der Waals surface area contributed by atoms with E-state index in [4.69, 9.17) is 9.63 Å². The van der Waals surface area contributed by atoms with Crippen molar-refractivity contribution in [2.45, 2.75) is 13.5 Å². The number of nitrogens with zero attached hydrogens (tertiary/aromatic N) is 2. The van der Waals surface area contributed by atoms with E-state index in [1.807, 2.05) is 24.3 Å². The van der Waals surface area contributed by atoms with E-state index >= 15 is 0 Å². The molecule has 1 aromatic heterocycles. The minimum absolute atomic E-state index is 0.0448. The Labute approximate surface area is 81.2 Å². The molecule has 0 aliphatic carbocycles. The van der Waals surface area contributed by atoms with Gasteiger partial charge in [-0.1, -0.05) is 17.3 Å². The summed E-state index contributed by atoms with van der Waals surface area (Å²) in [5.41, 5.74) is 1.73. The number of aliphatic hydroxyl groups is 1. The van der Waals surface area contributed by atoms with E-state index in [0.717, 1.165) is 11.1 Å². The Kier molecular flexibility index (Phi) is 2.28. The van der Waals surface area contributed by atoms with Crippen molar-refractivity contribution in [2.75, 3.05) is 0 Å². The van der Waals surface area contributed by atoms with Crippen molar-refractivity contribution >= 4 is 0 Å². The first kappa shape index (κ1) is 8.90. The van der Waals surface area contributed by atoms with E-state index in [2.05, 4.69) is 10.1 Å². The number of hydrogen-bond acceptors (Lipinski definition) is 4. The molecule has 14 heavy (non-hydrogen) atoms. The molecule has 0 unspecified atom stereocenters. The lowest BCUT2D eigenvalue weighted by molar-refractivity contribution is 0.282.